The Morgan fingerprint density at radius 3 is 2.35 bits per heavy atom. The zero-order valence-corrected chi connectivity index (χ0v) is 12.4. The third kappa shape index (κ3) is 3.22. The molecule has 0 fully saturated rings. The van der Waals surface area contributed by atoms with Gasteiger partial charge in [-0.15, -0.1) is 0 Å². The van der Waals surface area contributed by atoms with Crippen LogP contribution in [0.3, 0.4) is 0 Å². The number of hydrogen-bond acceptors (Lipinski definition) is 4. The second-order valence-corrected chi connectivity index (χ2v) is 6.17. The summed E-state index contributed by atoms with van der Waals surface area (Å²) in [5, 5.41) is 8.92. The molecule has 5 heteroatoms. The Balaban J connectivity index is 1.81. The van der Waals surface area contributed by atoms with Crippen LogP contribution in [0.25, 0.3) is 0 Å². The topological polar surface area (TPSA) is 57.6 Å². The number of hydrogen-bond donors (Lipinski definition) is 1. The molecular weight excluding hydrogens is 274 g/mol. The van der Waals surface area contributed by atoms with Crippen molar-refractivity contribution in [3.05, 3.63) is 35.4 Å². The van der Waals surface area contributed by atoms with Crippen molar-refractivity contribution in [2.45, 2.75) is 13.3 Å². The first-order valence-electron chi connectivity index (χ1n) is 6.79. The van der Waals surface area contributed by atoms with Crippen LogP contribution >= 0.6 is 11.8 Å². The number of rotatable bonds is 7. The van der Waals surface area contributed by atoms with Crippen molar-refractivity contribution < 1.29 is 14.7 Å². The van der Waals surface area contributed by atoms with Crippen LogP contribution in [0.5, 0.6) is 0 Å². The smallest absolute Gasteiger partial charge is 0.261 e. The average Bonchev–Trinajstić information content (AvgIpc) is 2.71. The van der Waals surface area contributed by atoms with Gasteiger partial charge in [0.2, 0.25) is 0 Å². The van der Waals surface area contributed by atoms with Gasteiger partial charge in [-0.05, 0) is 36.0 Å². The van der Waals surface area contributed by atoms with Gasteiger partial charge in [0, 0.05) is 13.2 Å². The highest BCUT2D eigenvalue weighted by molar-refractivity contribution is 7.99. The maximum absolute atomic E-state index is 12.1. The molecule has 0 aliphatic carbocycles. The van der Waals surface area contributed by atoms with E-state index in [9.17, 15) is 9.59 Å². The maximum atomic E-state index is 12.1. The van der Waals surface area contributed by atoms with Gasteiger partial charge in [0.05, 0.1) is 11.1 Å². The fraction of sp³-hybridized carbons (Fsp3) is 0.467. The molecule has 0 aromatic heterocycles. The monoisotopic (exact) mass is 293 g/mol. The molecule has 1 unspecified atom stereocenters. The number of carbonyl (C=O) groups excluding carboxylic acids is 2. The van der Waals surface area contributed by atoms with Gasteiger partial charge in [-0.2, -0.15) is 11.8 Å². The highest BCUT2D eigenvalue weighted by atomic mass is 32.2. The highest BCUT2D eigenvalue weighted by Gasteiger charge is 2.34. The molecule has 0 radical (unpaired) electrons. The molecule has 1 N–H and O–H groups in total. The van der Waals surface area contributed by atoms with Crippen molar-refractivity contribution in [3.8, 4) is 0 Å². The van der Waals surface area contributed by atoms with E-state index in [1.165, 1.54) is 4.90 Å². The number of thioether (sulfide) groups is 1. The molecule has 1 aliphatic rings. The summed E-state index contributed by atoms with van der Waals surface area (Å²) in [6.07, 6.45) is 0.786. The number of fused-ring (bicyclic) bond motifs is 1. The summed E-state index contributed by atoms with van der Waals surface area (Å²) >= 11 is 1.75. The summed E-state index contributed by atoms with van der Waals surface area (Å²) in [4.78, 5) is 25.5. The minimum absolute atomic E-state index is 0.181. The van der Waals surface area contributed by atoms with Gasteiger partial charge in [0.15, 0.2) is 0 Å². The molecule has 0 saturated heterocycles. The van der Waals surface area contributed by atoms with Crippen LogP contribution in [-0.4, -0.2) is 46.5 Å². The molecular formula is C15H19NO3S. The molecule has 1 aromatic rings. The Morgan fingerprint density at radius 1 is 1.20 bits per heavy atom. The van der Waals surface area contributed by atoms with Gasteiger partial charge in [-0.3, -0.25) is 14.5 Å². The van der Waals surface area contributed by atoms with E-state index in [1.807, 2.05) is 6.92 Å². The number of benzene rings is 1. The molecule has 0 bridgehead atoms. The van der Waals surface area contributed by atoms with E-state index >= 15 is 0 Å². The van der Waals surface area contributed by atoms with Gasteiger partial charge in [-0.1, -0.05) is 19.1 Å². The third-order valence-electron chi connectivity index (χ3n) is 3.26. The predicted molar refractivity (Wildman–Crippen MR) is 80.0 cm³/mol. The molecule has 20 heavy (non-hydrogen) atoms. The van der Waals surface area contributed by atoms with Gasteiger partial charge >= 0.3 is 0 Å². The molecule has 0 saturated carbocycles. The SMILES string of the molecule is CC(CO)CSCCCN1C(=O)c2ccccc2C1=O. The quantitative estimate of drug-likeness (QED) is 0.617. The summed E-state index contributed by atoms with van der Waals surface area (Å²) in [6.45, 7) is 2.66. The fourth-order valence-electron chi connectivity index (χ4n) is 2.10. The van der Waals surface area contributed by atoms with Crippen molar-refractivity contribution in [1.82, 2.24) is 4.90 Å². The molecule has 1 aromatic carbocycles. The van der Waals surface area contributed by atoms with Crippen molar-refractivity contribution in [2.75, 3.05) is 24.7 Å². The lowest BCUT2D eigenvalue weighted by molar-refractivity contribution is 0.0655. The molecule has 1 heterocycles. The van der Waals surface area contributed by atoms with Gasteiger partial charge in [0.1, 0.15) is 0 Å². The van der Waals surface area contributed by atoms with Crippen molar-refractivity contribution in [2.24, 2.45) is 5.92 Å². The summed E-state index contributed by atoms with van der Waals surface area (Å²) < 4.78 is 0. The van der Waals surface area contributed by atoms with Crippen molar-refractivity contribution in [1.29, 1.82) is 0 Å². The summed E-state index contributed by atoms with van der Waals surface area (Å²) in [5.74, 6) is 1.72. The lowest BCUT2D eigenvalue weighted by Crippen LogP contribution is -2.31. The van der Waals surface area contributed by atoms with E-state index in [-0.39, 0.29) is 18.4 Å². The molecule has 2 rings (SSSR count). The van der Waals surface area contributed by atoms with Crippen LogP contribution in [0.15, 0.2) is 24.3 Å². The first kappa shape index (κ1) is 15.1. The average molecular weight is 293 g/mol. The van der Waals surface area contributed by atoms with Gasteiger partial charge in [0.25, 0.3) is 11.8 Å². The predicted octanol–water partition coefficient (Wildman–Crippen LogP) is 2.03. The number of imide groups is 1. The standard InChI is InChI=1S/C15H19NO3S/c1-11(9-17)10-20-8-4-7-16-14(18)12-5-2-3-6-13(12)15(16)19/h2-3,5-6,11,17H,4,7-10H2,1H3. The van der Waals surface area contributed by atoms with E-state index < -0.39 is 0 Å². The van der Waals surface area contributed by atoms with E-state index in [2.05, 4.69) is 0 Å². The normalized spacial score (nSPS) is 15.6. The minimum atomic E-state index is -0.181. The Kier molecular flexibility index (Phi) is 5.20. The van der Waals surface area contributed by atoms with Crippen LogP contribution in [-0.2, 0) is 0 Å². The summed E-state index contributed by atoms with van der Waals surface area (Å²) in [6, 6.07) is 6.96. The molecule has 2 amide bonds. The van der Waals surface area contributed by atoms with Crippen LogP contribution in [0, 0.1) is 5.92 Å². The largest absolute Gasteiger partial charge is 0.396 e. The first-order valence-corrected chi connectivity index (χ1v) is 7.94. The zero-order valence-electron chi connectivity index (χ0n) is 11.5. The second kappa shape index (κ2) is 6.90. The second-order valence-electron chi connectivity index (χ2n) is 5.02. The summed E-state index contributed by atoms with van der Waals surface area (Å²) in [7, 11) is 0. The highest BCUT2D eigenvalue weighted by Crippen LogP contribution is 2.22. The van der Waals surface area contributed by atoms with Gasteiger partial charge in [-0.25, -0.2) is 0 Å². The first-order chi connectivity index (χ1) is 9.65. The van der Waals surface area contributed by atoms with Crippen molar-refractivity contribution >= 4 is 23.6 Å². The number of carbonyl (C=O) groups is 2. The molecule has 108 valence electrons. The maximum Gasteiger partial charge on any atom is 0.261 e. The van der Waals surface area contributed by atoms with E-state index in [1.54, 1.807) is 36.0 Å². The minimum Gasteiger partial charge on any atom is -0.396 e. The Labute approximate surface area is 123 Å². The lowest BCUT2D eigenvalue weighted by Gasteiger charge is -2.13. The van der Waals surface area contributed by atoms with Crippen LogP contribution in [0.1, 0.15) is 34.1 Å². The Morgan fingerprint density at radius 2 is 1.80 bits per heavy atom. The van der Waals surface area contributed by atoms with E-state index in [0.717, 1.165) is 17.9 Å². The van der Waals surface area contributed by atoms with E-state index in [4.69, 9.17) is 5.11 Å². The van der Waals surface area contributed by atoms with Crippen molar-refractivity contribution in [3.63, 3.8) is 0 Å². The Hall–Kier alpha value is -1.33. The van der Waals surface area contributed by atoms with Crippen LogP contribution < -0.4 is 0 Å². The number of amides is 2. The number of aliphatic hydroxyl groups excluding tert-OH is 1. The van der Waals surface area contributed by atoms with Gasteiger partial charge < -0.3 is 5.11 Å². The summed E-state index contributed by atoms with van der Waals surface area (Å²) in [5.41, 5.74) is 1.03. The number of aliphatic hydroxyl groups is 1. The number of nitrogens with zero attached hydrogens (tertiary/aromatic N) is 1. The van der Waals surface area contributed by atoms with Crippen LogP contribution in [0.4, 0.5) is 0 Å². The van der Waals surface area contributed by atoms with E-state index in [0.29, 0.717) is 23.6 Å². The lowest BCUT2D eigenvalue weighted by atomic mass is 10.1. The van der Waals surface area contributed by atoms with Crippen LogP contribution in [0.2, 0.25) is 0 Å². The molecule has 4 nitrogen and oxygen atoms in total. The fourth-order valence-corrected chi connectivity index (χ4v) is 3.11. The zero-order chi connectivity index (χ0) is 14.5. The molecule has 1 aliphatic heterocycles. The molecule has 0 spiro atoms. The third-order valence-corrected chi connectivity index (χ3v) is 4.64. The Bertz CT molecular complexity index is 469. The molecule has 1 atom stereocenters.